The lowest BCUT2D eigenvalue weighted by Gasteiger charge is -2.30. The summed E-state index contributed by atoms with van der Waals surface area (Å²) in [6, 6.07) is 3.74. The number of sulfonamides is 1. The van der Waals surface area contributed by atoms with Crippen LogP contribution in [-0.4, -0.2) is 30.3 Å². The second-order valence-corrected chi connectivity index (χ2v) is 6.54. The van der Waals surface area contributed by atoms with E-state index in [2.05, 4.69) is 23.9 Å². The summed E-state index contributed by atoms with van der Waals surface area (Å²) in [5, 5.41) is 9.10. The molecule has 0 radical (unpaired) electrons. The standard InChI is InChI=1S/C14H20N4O3S/c1-4-14(5-2,21-3)11-6-7-16-13(8-11)18-10-12(9-17-18)22(15,19)20/h6-10H,4-5H2,1-3H3,(H2,15,19,20). The Morgan fingerprint density at radius 2 is 2.05 bits per heavy atom. The van der Waals surface area contributed by atoms with Crippen molar-refractivity contribution in [3.05, 3.63) is 36.3 Å². The average Bonchev–Trinajstić information content (AvgIpc) is 3.00. The van der Waals surface area contributed by atoms with Gasteiger partial charge in [-0.05, 0) is 30.5 Å². The number of hydrogen-bond acceptors (Lipinski definition) is 5. The summed E-state index contributed by atoms with van der Waals surface area (Å²) < 4.78 is 29.7. The zero-order valence-corrected chi connectivity index (χ0v) is 13.7. The molecule has 2 aromatic rings. The smallest absolute Gasteiger partial charge is 0.241 e. The normalized spacial score (nSPS) is 12.5. The van der Waals surface area contributed by atoms with Gasteiger partial charge in [0.2, 0.25) is 10.0 Å². The first-order valence-corrected chi connectivity index (χ1v) is 8.50. The number of pyridine rings is 1. The van der Waals surface area contributed by atoms with Crippen molar-refractivity contribution in [1.29, 1.82) is 0 Å². The molecule has 22 heavy (non-hydrogen) atoms. The molecular formula is C14H20N4O3S. The minimum absolute atomic E-state index is 0.0521. The van der Waals surface area contributed by atoms with Gasteiger partial charge in [0, 0.05) is 13.3 Å². The fourth-order valence-corrected chi connectivity index (χ4v) is 2.91. The molecule has 0 fully saturated rings. The molecule has 2 N–H and O–H groups in total. The molecule has 0 atom stereocenters. The molecule has 0 amide bonds. The van der Waals surface area contributed by atoms with Crippen molar-refractivity contribution in [3.63, 3.8) is 0 Å². The number of aromatic nitrogens is 3. The fraction of sp³-hybridized carbons (Fsp3) is 0.429. The van der Waals surface area contributed by atoms with Gasteiger partial charge in [-0.3, -0.25) is 0 Å². The number of hydrogen-bond donors (Lipinski definition) is 1. The van der Waals surface area contributed by atoms with E-state index in [4.69, 9.17) is 9.88 Å². The van der Waals surface area contributed by atoms with Gasteiger partial charge in [0.05, 0.1) is 18.0 Å². The van der Waals surface area contributed by atoms with Crippen molar-refractivity contribution in [3.8, 4) is 5.82 Å². The van der Waals surface area contributed by atoms with E-state index in [1.54, 1.807) is 13.3 Å². The van der Waals surface area contributed by atoms with Gasteiger partial charge in [-0.1, -0.05) is 13.8 Å². The molecule has 120 valence electrons. The van der Waals surface area contributed by atoms with Crippen molar-refractivity contribution in [2.75, 3.05) is 7.11 Å². The summed E-state index contributed by atoms with van der Waals surface area (Å²) in [4.78, 5) is 4.18. The quantitative estimate of drug-likeness (QED) is 0.869. The molecule has 8 heteroatoms. The molecule has 0 bridgehead atoms. The molecule has 0 unspecified atom stereocenters. The van der Waals surface area contributed by atoms with E-state index in [9.17, 15) is 8.42 Å². The molecule has 0 saturated heterocycles. The van der Waals surface area contributed by atoms with Crippen molar-refractivity contribution in [2.45, 2.75) is 37.2 Å². The second-order valence-electron chi connectivity index (χ2n) is 4.97. The first kappa shape index (κ1) is 16.6. The van der Waals surface area contributed by atoms with Crippen LogP contribution in [0.4, 0.5) is 0 Å². The maximum Gasteiger partial charge on any atom is 0.241 e. The zero-order valence-electron chi connectivity index (χ0n) is 12.9. The molecule has 0 spiro atoms. The maximum atomic E-state index is 11.3. The first-order chi connectivity index (χ1) is 10.4. The van der Waals surface area contributed by atoms with Crippen LogP contribution in [0.1, 0.15) is 32.3 Å². The maximum absolute atomic E-state index is 11.3. The topological polar surface area (TPSA) is 100 Å². The lowest BCUT2D eigenvalue weighted by molar-refractivity contribution is -0.0218. The van der Waals surface area contributed by atoms with E-state index in [1.807, 2.05) is 12.1 Å². The lowest BCUT2D eigenvalue weighted by atomic mass is 9.89. The monoisotopic (exact) mass is 324 g/mol. The zero-order chi connectivity index (χ0) is 16.4. The highest BCUT2D eigenvalue weighted by molar-refractivity contribution is 7.89. The Hall–Kier alpha value is -1.77. The number of nitrogens with two attached hydrogens (primary N) is 1. The highest BCUT2D eigenvalue weighted by atomic mass is 32.2. The van der Waals surface area contributed by atoms with Crippen molar-refractivity contribution in [2.24, 2.45) is 5.14 Å². The Morgan fingerprint density at radius 3 is 2.55 bits per heavy atom. The number of rotatable bonds is 6. The number of ether oxygens (including phenoxy) is 1. The molecule has 2 aromatic heterocycles. The number of methoxy groups -OCH3 is 1. The van der Waals surface area contributed by atoms with Crippen LogP contribution in [0, 0.1) is 0 Å². The van der Waals surface area contributed by atoms with E-state index in [1.165, 1.54) is 17.1 Å². The SMILES string of the molecule is CCC(CC)(OC)c1ccnc(-n2cc(S(N)(=O)=O)cn2)c1. The van der Waals surface area contributed by atoms with Crippen LogP contribution in [0.2, 0.25) is 0 Å². The van der Waals surface area contributed by atoms with Crippen LogP contribution >= 0.6 is 0 Å². The second kappa shape index (κ2) is 6.15. The van der Waals surface area contributed by atoms with Gasteiger partial charge in [-0.2, -0.15) is 5.10 Å². The van der Waals surface area contributed by atoms with Crippen LogP contribution < -0.4 is 5.14 Å². The van der Waals surface area contributed by atoms with Crippen molar-refractivity contribution < 1.29 is 13.2 Å². The Balaban J connectivity index is 2.47. The Morgan fingerprint density at radius 1 is 1.36 bits per heavy atom. The average molecular weight is 324 g/mol. The van der Waals surface area contributed by atoms with Gasteiger partial charge in [-0.15, -0.1) is 0 Å². The predicted octanol–water partition coefficient (Wildman–Crippen LogP) is 1.58. The fourth-order valence-electron chi connectivity index (χ4n) is 2.47. The summed E-state index contributed by atoms with van der Waals surface area (Å²) in [6.07, 6.45) is 5.82. The minimum atomic E-state index is -3.78. The third kappa shape index (κ3) is 3.03. The molecule has 2 heterocycles. The van der Waals surface area contributed by atoms with Gasteiger partial charge in [0.1, 0.15) is 4.90 Å². The van der Waals surface area contributed by atoms with E-state index in [0.29, 0.717) is 5.82 Å². The highest BCUT2D eigenvalue weighted by Crippen LogP contribution is 2.32. The number of primary sulfonamides is 1. The van der Waals surface area contributed by atoms with E-state index >= 15 is 0 Å². The number of nitrogens with zero attached hydrogens (tertiary/aromatic N) is 3. The van der Waals surface area contributed by atoms with Crippen molar-refractivity contribution >= 4 is 10.0 Å². The van der Waals surface area contributed by atoms with Gasteiger partial charge >= 0.3 is 0 Å². The van der Waals surface area contributed by atoms with Crippen LogP contribution in [0.5, 0.6) is 0 Å². The van der Waals surface area contributed by atoms with E-state index in [-0.39, 0.29) is 4.90 Å². The van der Waals surface area contributed by atoms with Gasteiger partial charge < -0.3 is 4.74 Å². The largest absolute Gasteiger partial charge is 0.374 e. The Bertz CT molecular complexity index is 743. The Labute approximate surface area is 130 Å². The summed E-state index contributed by atoms with van der Waals surface area (Å²) in [5.41, 5.74) is 0.575. The molecule has 0 aliphatic carbocycles. The van der Waals surface area contributed by atoms with Crippen LogP contribution in [-0.2, 0) is 20.4 Å². The molecule has 2 rings (SSSR count). The summed E-state index contributed by atoms with van der Waals surface area (Å²) in [7, 11) is -2.10. The summed E-state index contributed by atoms with van der Waals surface area (Å²) in [5.74, 6) is 0.510. The summed E-state index contributed by atoms with van der Waals surface area (Å²) in [6.45, 7) is 4.11. The van der Waals surface area contributed by atoms with Gasteiger partial charge in [-0.25, -0.2) is 23.2 Å². The van der Waals surface area contributed by atoms with Gasteiger partial charge in [0.25, 0.3) is 0 Å². The molecule has 0 aromatic carbocycles. The Kier molecular flexibility index (Phi) is 4.64. The van der Waals surface area contributed by atoms with E-state index in [0.717, 1.165) is 18.4 Å². The molecule has 0 aliphatic rings. The third-order valence-electron chi connectivity index (χ3n) is 3.93. The van der Waals surface area contributed by atoms with Crippen LogP contribution in [0.25, 0.3) is 5.82 Å². The minimum Gasteiger partial charge on any atom is -0.374 e. The van der Waals surface area contributed by atoms with E-state index < -0.39 is 15.6 Å². The molecule has 0 aliphatic heterocycles. The first-order valence-electron chi connectivity index (χ1n) is 6.96. The van der Waals surface area contributed by atoms with Crippen molar-refractivity contribution in [1.82, 2.24) is 14.8 Å². The van der Waals surface area contributed by atoms with Crippen LogP contribution in [0.3, 0.4) is 0 Å². The highest BCUT2D eigenvalue weighted by Gasteiger charge is 2.28. The summed E-state index contributed by atoms with van der Waals surface area (Å²) >= 11 is 0. The van der Waals surface area contributed by atoms with Crippen LogP contribution in [0.15, 0.2) is 35.6 Å². The predicted molar refractivity (Wildman–Crippen MR) is 82.0 cm³/mol. The molecule has 0 saturated carbocycles. The lowest BCUT2D eigenvalue weighted by Crippen LogP contribution is -2.27. The molecule has 7 nitrogen and oxygen atoms in total. The van der Waals surface area contributed by atoms with Gasteiger partial charge in [0.15, 0.2) is 5.82 Å². The molecular weight excluding hydrogens is 304 g/mol. The third-order valence-corrected chi connectivity index (χ3v) is 4.79.